The van der Waals surface area contributed by atoms with Crippen LogP contribution in [0.4, 0.5) is 0 Å². The molecule has 0 saturated heterocycles. The summed E-state index contributed by atoms with van der Waals surface area (Å²) in [7, 11) is 0. The predicted octanol–water partition coefficient (Wildman–Crippen LogP) is -2.19. The van der Waals surface area contributed by atoms with Crippen molar-refractivity contribution in [3.63, 3.8) is 0 Å². The Morgan fingerprint density at radius 1 is 1.33 bits per heavy atom. The zero-order valence-corrected chi connectivity index (χ0v) is 12.7. The monoisotopic (exact) mass is 266 g/mol. The Labute approximate surface area is 117 Å². The number of rotatable bonds is 1. The van der Waals surface area contributed by atoms with E-state index in [0.717, 1.165) is 25.7 Å². The van der Waals surface area contributed by atoms with Crippen molar-refractivity contribution in [3.05, 3.63) is 0 Å². The van der Waals surface area contributed by atoms with Gasteiger partial charge < -0.3 is 4.55 Å². The first-order valence-electron chi connectivity index (χ1n) is 2.89. The van der Waals surface area contributed by atoms with Crippen LogP contribution in [0.25, 0.3) is 0 Å². The molecular formula is C5H9CsO2S. The first kappa shape index (κ1) is 11.2. The molecule has 0 radical (unpaired) electrons. The standard InChI is InChI=1S/C5H10O2S.Cs/c6-8(7)5-3-1-2-4-5;/h5H,1-4H2,(H,6,7);/q;+1/p-1. The normalized spacial score (nSPS) is 23.2. The largest absolute Gasteiger partial charge is 1.00 e. The zero-order valence-electron chi connectivity index (χ0n) is 5.63. The Morgan fingerprint density at radius 2 is 1.78 bits per heavy atom. The summed E-state index contributed by atoms with van der Waals surface area (Å²) in [4.78, 5) is 0. The quantitative estimate of drug-likeness (QED) is 0.506. The molecule has 0 aliphatic heterocycles. The zero-order chi connectivity index (χ0) is 5.98. The van der Waals surface area contributed by atoms with Crippen molar-refractivity contribution in [3.8, 4) is 0 Å². The fraction of sp³-hybridized carbons (Fsp3) is 1.00. The maximum absolute atomic E-state index is 10.2. The Balaban J connectivity index is 0.000000640. The van der Waals surface area contributed by atoms with Crippen LogP contribution in [0.3, 0.4) is 0 Å². The second-order valence-electron chi connectivity index (χ2n) is 2.17. The van der Waals surface area contributed by atoms with Crippen molar-refractivity contribution in [2.24, 2.45) is 0 Å². The minimum atomic E-state index is -1.79. The molecule has 0 amide bonds. The van der Waals surface area contributed by atoms with Crippen molar-refractivity contribution < 1.29 is 77.7 Å². The van der Waals surface area contributed by atoms with Crippen LogP contribution >= 0.6 is 0 Å². The first-order chi connectivity index (χ1) is 3.80. The van der Waals surface area contributed by atoms with Crippen molar-refractivity contribution in [2.45, 2.75) is 30.9 Å². The van der Waals surface area contributed by atoms with E-state index in [1.54, 1.807) is 0 Å². The van der Waals surface area contributed by atoms with Crippen LogP contribution in [0.2, 0.25) is 0 Å². The van der Waals surface area contributed by atoms with Crippen molar-refractivity contribution in [1.82, 2.24) is 0 Å². The minimum Gasteiger partial charge on any atom is -0.772 e. The van der Waals surface area contributed by atoms with Gasteiger partial charge in [-0.1, -0.05) is 23.9 Å². The van der Waals surface area contributed by atoms with Crippen LogP contribution in [0.5, 0.6) is 0 Å². The summed E-state index contributed by atoms with van der Waals surface area (Å²) in [5, 5.41) is -0.0185. The number of hydrogen-bond donors (Lipinski definition) is 0. The van der Waals surface area contributed by atoms with Gasteiger partial charge in [-0.05, 0) is 12.8 Å². The van der Waals surface area contributed by atoms with Crippen molar-refractivity contribution in [1.29, 1.82) is 0 Å². The maximum atomic E-state index is 10.2. The van der Waals surface area contributed by atoms with E-state index in [9.17, 15) is 8.76 Å². The molecule has 1 aliphatic rings. The molecule has 0 aromatic heterocycles. The average Bonchev–Trinajstić information content (AvgIpc) is 2.12. The van der Waals surface area contributed by atoms with Gasteiger partial charge in [-0.15, -0.1) is 0 Å². The van der Waals surface area contributed by atoms with Gasteiger partial charge in [0.2, 0.25) is 0 Å². The van der Waals surface area contributed by atoms with Gasteiger partial charge in [-0.25, -0.2) is 0 Å². The summed E-state index contributed by atoms with van der Waals surface area (Å²) < 4.78 is 20.4. The SMILES string of the molecule is O=S([O-])C1CCCC1.[Cs+]. The molecule has 4 heteroatoms. The fourth-order valence-corrected chi connectivity index (χ4v) is 1.80. The average molecular weight is 266 g/mol. The third-order valence-corrected chi connectivity index (χ3v) is 2.59. The smallest absolute Gasteiger partial charge is 0.772 e. The van der Waals surface area contributed by atoms with Gasteiger partial charge in [0.05, 0.1) is 0 Å². The topological polar surface area (TPSA) is 40.1 Å². The molecule has 1 atom stereocenters. The first-order valence-corrected chi connectivity index (χ1v) is 4.02. The summed E-state index contributed by atoms with van der Waals surface area (Å²) in [6.07, 6.45) is 3.96. The molecule has 0 spiro atoms. The van der Waals surface area contributed by atoms with E-state index in [1.807, 2.05) is 0 Å². The van der Waals surface area contributed by atoms with E-state index < -0.39 is 11.1 Å². The molecule has 0 aromatic carbocycles. The third kappa shape index (κ3) is 3.91. The molecule has 1 saturated carbocycles. The van der Waals surface area contributed by atoms with Crippen molar-refractivity contribution >= 4 is 11.1 Å². The second-order valence-corrected chi connectivity index (χ2v) is 3.35. The number of hydrogen-bond acceptors (Lipinski definition) is 2. The second kappa shape index (κ2) is 5.77. The van der Waals surface area contributed by atoms with Crippen molar-refractivity contribution in [2.75, 3.05) is 0 Å². The molecule has 1 rings (SSSR count). The molecular weight excluding hydrogens is 257 g/mol. The molecule has 0 N–H and O–H groups in total. The van der Waals surface area contributed by atoms with E-state index in [-0.39, 0.29) is 74.1 Å². The molecule has 0 bridgehead atoms. The van der Waals surface area contributed by atoms with E-state index >= 15 is 0 Å². The summed E-state index contributed by atoms with van der Waals surface area (Å²) >= 11 is -1.79. The Morgan fingerprint density at radius 3 is 2.00 bits per heavy atom. The van der Waals surface area contributed by atoms with Gasteiger partial charge >= 0.3 is 68.9 Å². The molecule has 1 fully saturated rings. The molecule has 1 aliphatic carbocycles. The molecule has 9 heavy (non-hydrogen) atoms. The van der Waals surface area contributed by atoms with Gasteiger partial charge in [0.15, 0.2) is 0 Å². The van der Waals surface area contributed by atoms with Gasteiger partial charge in [0.1, 0.15) is 0 Å². The van der Waals surface area contributed by atoms with Crippen LogP contribution in [-0.2, 0) is 11.1 Å². The third-order valence-electron chi connectivity index (χ3n) is 1.57. The molecule has 48 valence electrons. The summed E-state index contributed by atoms with van der Waals surface area (Å²) in [5.74, 6) is 0. The van der Waals surface area contributed by atoms with Crippen LogP contribution in [0.15, 0.2) is 0 Å². The van der Waals surface area contributed by atoms with Crippen LogP contribution < -0.4 is 68.9 Å². The van der Waals surface area contributed by atoms with E-state index in [0.29, 0.717) is 0 Å². The van der Waals surface area contributed by atoms with Crippen LogP contribution in [0, 0.1) is 0 Å². The minimum absolute atomic E-state index is 0. The summed E-state index contributed by atoms with van der Waals surface area (Å²) in [5.41, 5.74) is 0. The fourth-order valence-electron chi connectivity index (χ4n) is 1.08. The van der Waals surface area contributed by atoms with Crippen LogP contribution in [-0.4, -0.2) is 14.0 Å². The van der Waals surface area contributed by atoms with E-state index in [2.05, 4.69) is 0 Å². The molecule has 0 aromatic rings. The Kier molecular flexibility index (Phi) is 7.15. The Hall–Kier alpha value is 2.16. The Bertz CT molecular complexity index is 101. The van der Waals surface area contributed by atoms with Gasteiger partial charge in [0, 0.05) is 5.25 Å². The predicted molar refractivity (Wildman–Crippen MR) is 31.2 cm³/mol. The van der Waals surface area contributed by atoms with E-state index in [1.165, 1.54) is 0 Å². The van der Waals surface area contributed by atoms with Crippen LogP contribution in [0.1, 0.15) is 25.7 Å². The van der Waals surface area contributed by atoms with Gasteiger partial charge in [0.25, 0.3) is 0 Å². The molecule has 2 nitrogen and oxygen atoms in total. The molecule has 0 heterocycles. The summed E-state index contributed by atoms with van der Waals surface area (Å²) in [6.45, 7) is 0. The van der Waals surface area contributed by atoms with Gasteiger partial charge in [-0.2, -0.15) is 0 Å². The van der Waals surface area contributed by atoms with E-state index in [4.69, 9.17) is 0 Å². The maximum Gasteiger partial charge on any atom is 1.00 e. The molecule has 1 unspecified atom stereocenters. The van der Waals surface area contributed by atoms with Gasteiger partial charge in [-0.3, -0.25) is 4.21 Å². The summed E-state index contributed by atoms with van der Waals surface area (Å²) in [6, 6.07) is 0.